The molecule has 2 aliphatic heterocycles. The Morgan fingerprint density at radius 2 is 0.478 bits per heavy atom. The van der Waals surface area contributed by atoms with Crippen molar-refractivity contribution in [2.45, 2.75) is 151 Å². The maximum absolute atomic E-state index is 14.2. The summed E-state index contributed by atoms with van der Waals surface area (Å²) in [6.45, 7) is 14.9. The first kappa shape index (κ1) is 76.2. The van der Waals surface area contributed by atoms with Gasteiger partial charge in [-0.15, -0.1) is 0 Å². The third kappa shape index (κ3) is 17.6. The van der Waals surface area contributed by atoms with Gasteiger partial charge in [0.1, 0.15) is 6.15 Å². The number of hydrogen-bond acceptors (Lipinski definition) is 0. The fourth-order valence-electron chi connectivity index (χ4n) is 11.7. The van der Waals surface area contributed by atoms with Gasteiger partial charge in [0.2, 0.25) is 0 Å². The molecule has 6 aromatic carbocycles. The van der Waals surface area contributed by atoms with E-state index >= 15 is 0 Å². The average molecular weight is 1550 g/mol. The molecule has 0 bridgehead atoms. The number of rotatable bonds is 5. The summed E-state index contributed by atoms with van der Waals surface area (Å²) in [6.07, 6.45) is -38.2. The summed E-state index contributed by atoms with van der Waals surface area (Å²) in [4.78, 5) is 0. The van der Waals surface area contributed by atoms with Crippen LogP contribution in [0.15, 0.2) is 121 Å². The number of benzene rings is 6. The summed E-state index contributed by atoms with van der Waals surface area (Å²) in [5, 5.41) is 0.797. The average Bonchev–Trinajstić information content (AvgIpc) is 0.760. The molecule has 0 nitrogen and oxygen atoms in total. The Morgan fingerprint density at radius 1 is 0.293 bits per heavy atom. The van der Waals surface area contributed by atoms with Crippen molar-refractivity contribution < 1.29 is 125 Å². The van der Waals surface area contributed by atoms with E-state index in [1.165, 1.54) is 38.0 Å². The predicted octanol–water partition coefficient (Wildman–Crippen LogP) is 21.6. The Hall–Kier alpha value is -4.79. The normalized spacial score (nSPS) is 18.9. The molecule has 9 rings (SSSR count). The molecule has 5 radical (unpaired) electrons. The van der Waals surface area contributed by atoms with Gasteiger partial charge in [-0.25, -0.2) is 0 Å². The zero-order valence-electron chi connectivity index (χ0n) is 49.1. The molecular weight excluding hydrogens is 1490 g/mol. The zero-order chi connectivity index (χ0) is 68.3. The van der Waals surface area contributed by atoms with Crippen molar-refractivity contribution in [1.82, 2.24) is 0 Å². The fraction of sp³-hybridized carbons (Fsp3) is 0.375. The molecule has 0 aromatic heterocycles. The molecule has 1 aliphatic carbocycles. The van der Waals surface area contributed by atoms with Gasteiger partial charge in [-0.2, -0.15) is 127 Å². The van der Waals surface area contributed by atoms with Crippen LogP contribution in [0.2, 0.25) is 0 Å². The first-order valence-electron chi connectivity index (χ1n) is 27.8. The molecule has 0 amide bonds. The molecule has 0 N–H and O–H groups in total. The second kappa shape index (κ2) is 27.4. The number of hydrogen-bond donors (Lipinski definition) is 0. The van der Waals surface area contributed by atoms with E-state index in [1.807, 2.05) is 0 Å². The molecule has 503 valence electrons. The molecule has 0 spiro atoms. The zero-order valence-corrected chi connectivity index (χ0v) is 53.3. The van der Waals surface area contributed by atoms with Crippen molar-refractivity contribution in [2.75, 3.05) is 0 Å². The van der Waals surface area contributed by atoms with Gasteiger partial charge in [-0.3, -0.25) is 0 Å². The molecule has 6 aromatic rings. The third-order valence-corrected chi connectivity index (χ3v) is 23.4. The topological polar surface area (TPSA) is 0 Å². The molecule has 0 saturated heterocycles. The van der Waals surface area contributed by atoms with Gasteiger partial charge in [0.25, 0.3) is 0 Å². The largest absolute Gasteiger partial charge is 0.416 e. The van der Waals surface area contributed by atoms with Crippen LogP contribution in [0.1, 0.15) is 145 Å². The molecule has 92 heavy (non-hydrogen) atoms. The molecule has 1 saturated carbocycles. The number of fused-ring (bicyclic) bond motifs is 2. The Labute approximate surface area is 531 Å². The predicted molar refractivity (Wildman–Crippen MR) is 305 cm³/mol. The minimum atomic E-state index is -6.13. The smallest absolute Gasteiger partial charge is 0.194 e. The number of halogens is 24. The van der Waals surface area contributed by atoms with E-state index in [0.717, 1.165) is 11.3 Å². The van der Waals surface area contributed by atoms with Gasteiger partial charge in [0.15, 0.2) is 0 Å². The summed E-state index contributed by atoms with van der Waals surface area (Å²) in [5.74, 6) is 0. The summed E-state index contributed by atoms with van der Waals surface area (Å²) in [7, 11) is -0.139. The van der Waals surface area contributed by atoms with Gasteiger partial charge in [0.05, 0.1) is 44.5 Å². The molecule has 2 heterocycles. The van der Waals surface area contributed by atoms with E-state index in [4.69, 9.17) is 0 Å². The maximum atomic E-state index is 14.2. The molecule has 28 heteroatoms. The summed E-state index contributed by atoms with van der Waals surface area (Å²) >= 11 is 0. The van der Waals surface area contributed by atoms with E-state index in [1.54, 1.807) is 22.3 Å². The summed E-state index contributed by atoms with van der Waals surface area (Å²) < 4.78 is 341. The van der Waals surface area contributed by atoms with Crippen LogP contribution in [0.4, 0.5) is 105 Å². The second-order valence-electron chi connectivity index (χ2n) is 24.2. The van der Waals surface area contributed by atoms with Crippen molar-refractivity contribution in [3.8, 4) is 0 Å². The Balaban J connectivity index is 0.000000312. The molecular formula is C64H56BF24IrP2-. The van der Waals surface area contributed by atoms with Crippen molar-refractivity contribution in [3.63, 3.8) is 0 Å². The van der Waals surface area contributed by atoms with Gasteiger partial charge in [0, 0.05) is 31.4 Å². The quantitative estimate of drug-likeness (QED) is 0.0917. The van der Waals surface area contributed by atoms with Gasteiger partial charge < -0.3 is 0 Å². The first-order valence-corrected chi connectivity index (χ1v) is 31.0. The first-order chi connectivity index (χ1) is 41.4. The van der Waals surface area contributed by atoms with Crippen molar-refractivity contribution >= 4 is 43.8 Å². The third-order valence-electron chi connectivity index (χ3n) is 15.9. The van der Waals surface area contributed by atoms with E-state index in [9.17, 15) is 105 Å². The van der Waals surface area contributed by atoms with Gasteiger partial charge in [-0.05, 0) is 121 Å². The van der Waals surface area contributed by atoms with Gasteiger partial charge in [-0.1, -0.05) is 154 Å². The van der Waals surface area contributed by atoms with E-state index in [-0.39, 0.29) is 35.9 Å². The minimum Gasteiger partial charge on any atom is -0.194 e. The van der Waals surface area contributed by atoms with Crippen LogP contribution >= 0.6 is 15.8 Å². The Kier molecular flexibility index (Phi) is 22.7. The molecule has 1 fully saturated rings. The van der Waals surface area contributed by atoms with Crippen LogP contribution in [-0.4, -0.2) is 16.5 Å². The monoisotopic (exact) mass is 1550 g/mol. The Bertz CT molecular complexity index is 2990. The van der Waals surface area contributed by atoms with Crippen molar-refractivity contribution in [1.29, 1.82) is 0 Å². The second-order valence-corrected chi connectivity index (χ2v) is 30.5. The summed E-state index contributed by atoms with van der Waals surface area (Å²) in [5.41, 5.74) is -22.1. The van der Waals surface area contributed by atoms with E-state index in [2.05, 4.69) is 116 Å². The maximum Gasteiger partial charge on any atom is 0.416 e. The van der Waals surface area contributed by atoms with Crippen LogP contribution in [0, 0.1) is 25.7 Å². The van der Waals surface area contributed by atoms with Crippen molar-refractivity contribution in [3.05, 3.63) is 214 Å². The minimum absolute atomic E-state index is 0. The van der Waals surface area contributed by atoms with Crippen LogP contribution in [0.3, 0.4) is 0 Å². The molecule has 0 unspecified atom stereocenters. The Morgan fingerprint density at radius 3 is 0.652 bits per heavy atom. The standard InChI is InChI=1S/C32H12BF24.C24H32P2.C8H12.Ir/c34-25(35,36)13-1-14(26(37,38)39)6-21(5-13)33(22-7-15(27(40,41)42)2-16(8-22)28(43,44)45,23-9-17(29(46,47)48)3-18(10-23)30(49,50)51)24-11-19(31(52,53)54)4-20(12-24)32(55,56)57;1-23(2,3)25-15-17-11-7-9-13-19(17)21(25)22-20-14-10-8-12-18(20)16-26(22)24(4,5)6;1-2-4-6-8-7-5-3-1;/h1-12H;7-14,21-22H,15-16H2,1-6H3;1-2,7-8H,3-6H2;/q-1;;;/t;21-,22-,25-,26-;;/m.1../s1. The van der Waals surface area contributed by atoms with E-state index in [0.29, 0.717) is 10.3 Å². The van der Waals surface area contributed by atoms with Crippen LogP contribution in [0.5, 0.6) is 0 Å². The molecule has 3 aliphatic rings. The van der Waals surface area contributed by atoms with Gasteiger partial charge >= 0.3 is 49.4 Å². The molecule has 4 atom stereocenters. The van der Waals surface area contributed by atoms with Crippen LogP contribution in [0.25, 0.3) is 0 Å². The summed E-state index contributed by atoms with van der Waals surface area (Å²) in [6, 6.07) is 9.92. The fourth-order valence-corrected chi connectivity index (χ4v) is 19.2. The van der Waals surface area contributed by atoms with E-state index < -0.39 is 195 Å². The van der Waals surface area contributed by atoms with Crippen LogP contribution in [-0.2, 0) is 81.8 Å². The van der Waals surface area contributed by atoms with Crippen molar-refractivity contribution in [2.24, 2.45) is 0 Å². The van der Waals surface area contributed by atoms with Crippen LogP contribution < -0.4 is 21.9 Å². The SMILES string of the molecule is CC(C)(C)[P@]1Cc2ccccc2[C@@H]1[C@H]1c2ccccc2C[P@@]1C(C)(C)C.FC(F)(F)c1cc([B-](c2cc(C(F)(F)F)cc(C(F)(F)F)c2)(c2cc(C(F)(F)F)cc(C(F)(F)F)c2)c2cc(C(F)(F)F)cc(C(F)(F)F)c2)cc(C(F)(F)F)c1.[CH]1[CH]CC[CH][CH]CC1.[Ir]. The number of alkyl halides is 24.